The topological polar surface area (TPSA) is 57.1 Å². The van der Waals surface area contributed by atoms with Crippen LogP contribution >= 0.6 is 0 Å². The predicted molar refractivity (Wildman–Crippen MR) is 110 cm³/mol. The van der Waals surface area contributed by atoms with E-state index < -0.39 is 5.97 Å². The zero-order valence-electron chi connectivity index (χ0n) is 17.3. The molecule has 0 aliphatic rings. The van der Waals surface area contributed by atoms with Gasteiger partial charge in [-0.25, -0.2) is 4.39 Å². The van der Waals surface area contributed by atoms with E-state index in [1.54, 1.807) is 12.1 Å². The normalized spacial score (nSPS) is 11.1. The molecule has 0 saturated carbocycles. The van der Waals surface area contributed by atoms with Gasteiger partial charge in [-0.15, -0.1) is 0 Å². The van der Waals surface area contributed by atoms with Crippen LogP contribution in [0.1, 0.15) is 49.6 Å². The number of benzene rings is 2. The van der Waals surface area contributed by atoms with E-state index in [1.165, 1.54) is 28.8 Å². The smallest absolute Gasteiger partial charge is 0.123 e. The van der Waals surface area contributed by atoms with Crippen molar-refractivity contribution in [2.24, 2.45) is 0 Å². The zero-order chi connectivity index (χ0) is 21.1. The van der Waals surface area contributed by atoms with E-state index in [-0.39, 0.29) is 11.4 Å². The van der Waals surface area contributed by atoms with Gasteiger partial charge in [0.25, 0.3) is 0 Å². The fourth-order valence-corrected chi connectivity index (χ4v) is 3.75. The van der Waals surface area contributed by atoms with E-state index in [0.29, 0.717) is 25.3 Å². The molecule has 0 bridgehead atoms. The van der Waals surface area contributed by atoms with Crippen molar-refractivity contribution in [3.05, 3.63) is 93.1 Å². The number of hydrogen-bond acceptors (Lipinski definition) is 3. The van der Waals surface area contributed by atoms with Crippen LogP contribution in [-0.2, 0) is 19.6 Å². The Morgan fingerprint density at radius 1 is 1.00 bits per heavy atom. The van der Waals surface area contributed by atoms with Gasteiger partial charge >= 0.3 is 0 Å². The van der Waals surface area contributed by atoms with Gasteiger partial charge in [-0.1, -0.05) is 35.9 Å². The summed E-state index contributed by atoms with van der Waals surface area (Å²) in [6.45, 7) is 9.42. The second kappa shape index (κ2) is 8.62. The minimum atomic E-state index is -1.16. The molecule has 1 heterocycles. The van der Waals surface area contributed by atoms with Crippen molar-refractivity contribution in [2.45, 2.75) is 47.3 Å². The summed E-state index contributed by atoms with van der Waals surface area (Å²) in [5.41, 5.74) is 7.04. The first-order chi connectivity index (χ1) is 13.8. The molecule has 3 aromatic rings. The summed E-state index contributed by atoms with van der Waals surface area (Å²) in [5, 5.41) is 15.1. The first kappa shape index (κ1) is 20.8. The van der Waals surface area contributed by atoms with E-state index in [2.05, 4.69) is 37.4 Å². The molecule has 0 saturated heterocycles. The number of aromatic nitrogens is 1. The molecule has 1 N–H and O–H groups in total. The molecule has 0 fully saturated rings. The van der Waals surface area contributed by atoms with Crippen LogP contribution in [-0.4, -0.2) is 10.5 Å². The number of carbonyl (C=O) groups excluding carboxylic acids is 1. The van der Waals surface area contributed by atoms with Gasteiger partial charge in [0.15, 0.2) is 0 Å². The average Bonchev–Trinajstić information content (AvgIpc) is 2.90. The maximum Gasteiger partial charge on any atom is 0.123 e. The molecule has 2 aromatic carbocycles. The van der Waals surface area contributed by atoms with Crippen molar-refractivity contribution in [3.8, 4) is 0 Å². The molecule has 0 aliphatic heterocycles. The van der Waals surface area contributed by atoms with Gasteiger partial charge in [-0.3, -0.25) is 0 Å². The lowest BCUT2D eigenvalue weighted by Crippen LogP contribution is -2.25. The summed E-state index contributed by atoms with van der Waals surface area (Å²) in [5.74, 6) is -1.44. The molecule has 4 nitrogen and oxygen atoms in total. The number of carboxylic acids is 1. The number of hydrogen-bond donors (Lipinski definition) is 1. The minimum absolute atomic E-state index is 0.249. The molecule has 0 unspecified atom stereocenters. The van der Waals surface area contributed by atoms with Crippen molar-refractivity contribution in [3.63, 3.8) is 0 Å². The lowest BCUT2D eigenvalue weighted by atomic mass is 10.1. The maximum atomic E-state index is 13.1. The molecule has 0 aliphatic carbocycles. The quantitative estimate of drug-likeness (QED) is 0.668. The molecule has 5 heteroatoms. The molecule has 3 rings (SSSR count). The lowest BCUT2D eigenvalue weighted by Gasteiger charge is -2.13. The van der Waals surface area contributed by atoms with Crippen molar-refractivity contribution in [1.82, 2.24) is 9.88 Å². The van der Waals surface area contributed by atoms with Crippen LogP contribution in [0.2, 0.25) is 0 Å². The Balaban J connectivity index is 1.86. The second-order valence-corrected chi connectivity index (χ2v) is 7.56. The first-order valence-corrected chi connectivity index (χ1v) is 9.69. The van der Waals surface area contributed by atoms with Gasteiger partial charge < -0.3 is 19.8 Å². The third-order valence-electron chi connectivity index (χ3n) is 5.49. The molecule has 0 radical (unpaired) electrons. The molecular formula is C24H26FN2O2-. The number of nitrogens with one attached hydrogen (secondary N) is 1. The van der Waals surface area contributed by atoms with E-state index in [1.807, 2.05) is 18.4 Å². The standard InChI is InChI=1S/C24H27FN2O2/c1-15-5-6-16(2)20(11-15)14-27-17(3)22(23(18(27)4)24(28)29)13-26-12-19-7-9-21(25)10-8-19/h5-11,26H,12-14H2,1-4H3,(H,28,29)/p-1. The van der Waals surface area contributed by atoms with Crippen LogP contribution in [0.5, 0.6) is 0 Å². The van der Waals surface area contributed by atoms with Crippen molar-refractivity contribution >= 4 is 5.97 Å². The molecule has 0 amide bonds. The number of halogens is 1. The van der Waals surface area contributed by atoms with E-state index in [4.69, 9.17) is 0 Å². The summed E-state index contributed by atoms with van der Waals surface area (Å²) in [6, 6.07) is 12.6. The number of carbonyl (C=O) groups is 1. The van der Waals surface area contributed by atoms with Gasteiger partial charge in [-0.2, -0.15) is 0 Å². The van der Waals surface area contributed by atoms with E-state index in [9.17, 15) is 14.3 Å². The Bertz CT molecular complexity index is 1040. The number of aryl methyl sites for hydroxylation is 2. The van der Waals surface area contributed by atoms with Crippen LogP contribution in [0, 0.1) is 33.5 Å². The molecular weight excluding hydrogens is 367 g/mol. The number of nitrogens with zero attached hydrogens (tertiary/aromatic N) is 1. The van der Waals surface area contributed by atoms with Crippen LogP contribution < -0.4 is 10.4 Å². The summed E-state index contributed by atoms with van der Waals surface area (Å²) in [4.78, 5) is 11.9. The highest BCUT2D eigenvalue weighted by atomic mass is 19.1. The minimum Gasteiger partial charge on any atom is -0.545 e. The number of aromatic carboxylic acids is 1. The largest absolute Gasteiger partial charge is 0.545 e. The highest BCUT2D eigenvalue weighted by Crippen LogP contribution is 2.24. The van der Waals surface area contributed by atoms with Gasteiger partial charge in [0, 0.05) is 36.6 Å². The fraction of sp³-hybridized carbons (Fsp3) is 0.292. The Kier molecular flexibility index (Phi) is 6.18. The van der Waals surface area contributed by atoms with Crippen LogP contribution in [0.15, 0.2) is 42.5 Å². The van der Waals surface area contributed by atoms with Crippen molar-refractivity contribution in [2.75, 3.05) is 0 Å². The Labute approximate surface area is 171 Å². The zero-order valence-corrected chi connectivity index (χ0v) is 17.3. The third-order valence-corrected chi connectivity index (χ3v) is 5.49. The highest BCUT2D eigenvalue weighted by Gasteiger charge is 2.18. The summed E-state index contributed by atoms with van der Waals surface area (Å²) in [7, 11) is 0. The van der Waals surface area contributed by atoms with Gasteiger partial charge in [0.1, 0.15) is 5.82 Å². The maximum absolute atomic E-state index is 13.1. The van der Waals surface area contributed by atoms with Gasteiger partial charge in [0.05, 0.1) is 5.97 Å². The monoisotopic (exact) mass is 393 g/mol. The van der Waals surface area contributed by atoms with Crippen molar-refractivity contribution in [1.29, 1.82) is 0 Å². The highest BCUT2D eigenvalue weighted by molar-refractivity contribution is 5.89. The lowest BCUT2D eigenvalue weighted by molar-refractivity contribution is -0.255. The fourth-order valence-electron chi connectivity index (χ4n) is 3.75. The molecule has 152 valence electrons. The van der Waals surface area contributed by atoms with Crippen molar-refractivity contribution < 1.29 is 14.3 Å². The third kappa shape index (κ3) is 4.57. The molecule has 0 spiro atoms. The molecule has 0 atom stereocenters. The van der Waals surface area contributed by atoms with E-state index >= 15 is 0 Å². The Morgan fingerprint density at radius 2 is 1.69 bits per heavy atom. The Hall–Kier alpha value is -2.92. The van der Waals surface area contributed by atoms with Gasteiger partial charge in [-0.05, 0) is 62.1 Å². The van der Waals surface area contributed by atoms with E-state index in [0.717, 1.165) is 16.8 Å². The van der Waals surface area contributed by atoms with Crippen LogP contribution in [0.3, 0.4) is 0 Å². The second-order valence-electron chi connectivity index (χ2n) is 7.56. The van der Waals surface area contributed by atoms with Gasteiger partial charge in [0.2, 0.25) is 0 Å². The summed E-state index contributed by atoms with van der Waals surface area (Å²) < 4.78 is 15.1. The Morgan fingerprint density at radius 3 is 2.34 bits per heavy atom. The predicted octanol–water partition coefficient (Wildman–Crippen LogP) is 3.56. The summed E-state index contributed by atoms with van der Waals surface area (Å²) >= 11 is 0. The van der Waals surface area contributed by atoms with Crippen LogP contribution in [0.4, 0.5) is 4.39 Å². The number of rotatable bonds is 7. The first-order valence-electron chi connectivity index (χ1n) is 9.69. The molecule has 1 aromatic heterocycles. The SMILES string of the molecule is Cc1ccc(C)c(Cn2c(C)c(CNCc3ccc(F)cc3)c(C(=O)[O-])c2C)c1. The molecule has 29 heavy (non-hydrogen) atoms. The number of carboxylic acid groups (broad SMARTS) is 1. The van der Waals surface area contributed by atoms with Crippen LogP contribution in [0.25, 0.3) is 0 Å². The average molecular weight is 393 g/mol. The summed E-state index contributed by atoms with van der Waals surface area (Å²) in [6.07, 6.45) is 0.